The second kappa shape index (κ2) is 6.86. The van der Waals surface area contributed by atoms with Gasteiger partial charge in [-0.3, -0.25) is 4.31 Å². The lowest BCUT2D eigenvalue weighted by molar-refractivity contribution is -0.0440. The molecule has 0 amide bonds. The molecule has 3 rings (SSSR count). The van der Waals surface area contributed by atoms with Crippen molar-refractivity contribution in [1.29, 1.82) is 0 Å². The van der Waals surface area contributed by atoms with Crippen molar-refractivity contribution in [2.75, 3.05) is 29.7 Å². The zero-order valence-electron chi connectivity index (χ0n) is 14.5. The Bertz CT molecular complexity index is 811. The first-order chi connectivity index (χ1) is 11.7. The van der Waals surface area contributed by atoms with Crippen molar-refractivity contribution in [2.24, 2.45) is 0 Å². The quantitative estimate of drug-likeness (QED) is 0.782. The summed E-state index contributed by atoms with van der Waals surface area (Å²) in [6.45, 7) is 4.77. The molecule has 25 heavy (non-hydrogen) atoms. The molecule has 2 atom stereocenters. The minimum Gasteiger partial charge on any atom is -0.373 e. The molecule has 0 N–H and O–H groups in total. The van der Waals surface area contributed by atoms with E-state index in [0.717, 1.165) is 6.42 Å². The molecule has 0 radical (unpaired) electrons. The molecule has 1 aromatic carbocycles. The van der Waals surface area contributed by atoms with Crippen LogP contribution in [-0.4, -0.2) is 58.7 Å². The Hall–Kier alpha value is -1.16. The van der Waals surface area contributed by atoms with Crippen LogP contribution in [0.2, 0.25) is 0 Å². The standard InChI is InChI=1S/C16H24N2O5S2/c1-13-11-17(12-14(2)23-13)25(21,22)16-7-5-15(6-8-16)18-9-3-4-10-24(18,19)20/h5-8,13-14H,3-4,9-12H2,1-2H3/t13-,14+. The number of hydrogen-bond acceptors (Lipinski definition) is 5. The number of anilines is 1. The first-order valence-corrected chi connectivity index (χ1v) is 11.5. The Morgan fingerprint density at radius 3 is 2.20 bits per heavy atom. The molecule has 1 aromatic rings. The van der Waals surface area contributed by atoms with E-state index in [1.807, 2.05) is 13.8 Å². The van der Waals surface area contributed by atoms with Crippen LogP contribution >= 0.6 is 0 Å². The van der Waals surface area contributed by atoms with Crippen LogP contribution in [-0.2, 0) is 24.8 Å². The van der Waals surface area contributed by atoms with Gasteiger partial charge < -0.3 is 4.74 Å². The van der Waals surface area contributed by atoms with Crippen molar-refractivity contribution in [3.63, 3.8) is 0 Å². The summed E-state index contributed by atoms with van der Waals surface area (Å²) in [5, 5.41) is 0. The Morgan fingerprint density at radius 2 is 1.64 bits per heavy atom. The van der Waals surface area contributed by atoms with Gasteiger partial charge in [-0.1, -0.05) is 0 Å². The SMILES string of the molecule is C[C@@H]1CN(S(=O)(=O)c2ccc(N3CCCCS3(=O)=O)cc2)C[C@H](C)O1. The minimum atomic E-state index is -3.62. The number of nitrogens with zero attached hydrogens (tertiary/aromatic N) is 2. The van der Waals surface area contributed by atoms with Crippen LogP contribution in [0.4, 0.5) is 5.69 Å². The number of morpholine rings is 1. The molecule has 9 heteroatoms. The molecule has 2 aliphatic heterocycles. The van der Waals surface area contributed by atoms with Gasteiger partial charge in [-0.05, 0) is 51.0 Å². The fourth-order valence-electron chi connectivity index (χ4n) is 3.34. The van der Waals surface area contributed by atoms with E-state index in [-0.39, 0.29) is 22.9 Å². The third-order valence-corrected chi connectivity index (χ3v) is 8.21. The van der Waals surface area contributed by atoms with Crippen molar-refractivity contribution in [1.82, 2.24) is 4.31 Å². The summed E-state index contributed by atoms with van der Waals surface area (Å²) in [5.74, 6) is 0.136. The van der Waals surface area contributed by atoms with Gasteiger partial charge in [0.25, 0.3) is 0 Å². The molecule has 2 fully saturated rings. The summed E-state index contributed by atoms with van der Waals surface area (Å²) >= 11 is 0. The molecule has 2 heterocycles. The van der Waals surface area contributed by atoms with E-state index in [2.05, 4.69) is 0 Å². The number of sulfonamides is 2. The van der Waals surface area contributed by atoms with E-state index in [1.165, 1.54) is 20.7 Å². The highest BCUT2D eigenvalue weighted by Crippen LogP contribution is 2.27. The minimum absolute atomic E-state index is 0.136. The molecule has 0 aromatic heterocycles. The van der Waals surface area contributed by atoms with Crippen molar-refractivity contribution in [3.05, 3.63) is 24.3 Å². The van der Waals surface area contributed by atoms with E-state index in [0.29, 0.717) is 31.7 Å². The maximum Gasteiger partial charge on any atom is 0.243 e. The molecular weight excluding hydrogens is 364 g/mol. The summed E-state index contributed by atoms with van der Waals surface area (Å²) in [5.41, 5.74) is 0.516. The molecule has 0 bridgehead atoms. The molecule has 0 aliphatic carbocycles. The van der Waals surface area contributed by atoms with Gasteiger partial charge in [-0.25, -0.2) is 16.8 Å². The Kier molecular flexibility index (Phi) is 5.11. The van der Waals surface area contributed by atoms with Crippen LogP contribution in [0.15, 0.2) is 29.2 Å². The summed E-state index contributed by atoms with van der Waals surface area (Å²) in [6.07, 6.45) is 1.16. The molecule has 2 saturated heterocycles. The highest BCUT2D eigenvalue weighted by Gasteiger charge is 2.32. The molecule has 0 saturated carbocycles. The monoisotopic (exact) mass is 388 g/mol. The van der Waals surface area contributed by atoms with E-state index in [4.69, 9.17) is 4.74 Å². The summed E-state index contributed by atoms with van der Waals surface area (Å²) < 4.78 is 58.4. The lowest BCUT2D eigenvalue weighted by atomic mass is 10.3. The smallest absolute Gasteiger partial charge is 0.243 e. The molecule has 7 nitrogen and oxygen atoms in total. The zero-order chi connectivity index (χ0) is 18.2. The van der Waals surface area contributed by atoms with Gasteiger partial charge in [-0.2, -0.15) is 4.31 Å². The number of hydrogen-bond donors (Lipinski definition) is 0. The third kappa shape index (κ3) is 3.84. The Balaban J connectivity index is 1.84. The van der Waals surface area contributed by atoms with Gasteiger partial charge in [0.2, 0.25) is 20.0 Å². The lowest BCUT2D eigenvalue weighted by Crippen LogP contribution is -2.48. The van der Waals surface area contributed by atoms with Gasteiger partial charge >= 0.3 is 0 Å². The molecule has 0 spiro atoms. The van der Waals surface area contributed by atoms with Crippen LogP contribution in [0.5, 0.6) is 0 Å². The first-order valence-electron chi connectivity index (χ1n) is 8.46. The maximum atomic E-state index is 12.8. The average molecular weight is 389 g/mol. The second-order valence-corrected chi connectivity index (χ2v) is 10.6. The van der Waals surface area contributed by atoms with Crippen molar-refractivity contribution in [3.8, 4) is 0 Å². The number of benzene rings is 1. The molecule has 140 valence electrons. The second-order valence-electron chi connectivity index (χ2n) is 6.67. The fraction of sp³-hybridized carbons (Fsp3) is 0.625. The topological polar surface area (TPSA) is 84.0 Å². The summed E-state index contributed by atoms with van der Waals surface area (Å²) in [4.78, 5) is 0.173. The summed E-state index contributed by atoms with van der Waals surface area (Å²) in [7, 11) is -6.92. The fourth-order valence-corrected chi connectivity index (χ4v) is 6.57. The van der Waals surface area contributed by atoms with Gasteiger partial charge in [0.1, 0.15) is 0 Å². The Labute approximate surface area is 149 Å². The van der Waals surface area contributed by atoms with Gasteiger partial charge in [0.15, 0.2) is 0 Å². The average Bonchev–Trinajstić information content (AvgIpc) is 2.54. The highest BCUT2D eigenvalue weighted by molar-refractivity contribution is 7.92. The van der Waals surface area contributed by atoms with Crippen LogP contribution < -0.4 is 4.31 Å². The summed E-state index contributed by atoms with van der Waals surface area (Å²) in [6, 6.07) is 6.12. The maximum absolute atomic E-state index is 12.8. The first kappa shape index (κ1) is 18.6. The van der Waals surface area contributed by atoms with E-state index in [9.17, 15) is 16.8 Å². The molecule has 0 unspecified atom stereocenters. The van der Waals surface area contributed by atoms with Crippen LogP contribution in [0, 0.1) is 0 Å². The van der Waals surface area contributed by atoms with Crippen molar-refractivity contribution < 1.29 is 21.6 Å². The lowest BCUT2D eigenvalue weighted by Gasteiger charge is -2.34. The van der Waals surface area contributed by atoms with Crippen molar-refractivity contribution >= 4 is 25.7 Å². The van der Waals surface area contributed by atoms with Crippen LogP contribution in [0.25, 0.3) is 0 Å². The zero-order valence-corrected chi connectivity index (χ0v) is 16.1. The molecular formula is C16H24N2O5S2. The van der Waals surface area contributed by atoms with Crippen molar-refractivity contribution in [2.45, 2.75) is 43.8 Å². The molecule has 2 aliphatic rings. The van der Waals surface area contributed by atoms with Gasteiger partial charge in [-0.15, -0.1) is 0 Å². The largest absolute Gasteiger partial charge is 0.373 e. The van der Waals surface area contributed by atoms with E-state index in [1.54, 1.807) is 12.1 Å². The number of rotatable bonds is 3. The predicted molar refractivity (Wildman–Crippen MR) is 95.6 cm³/mol. The van der Waals surface area contributed by atoms with E-state index >= 15 is 0 Å². The Morgan fingerprint density at radius 1 is 1.04 bits per heavy atom. The third-order valence-electron chi connectivity index (χ3n) is 4.50. The van der Waals surface area contributed by atoms with Crippen LogP contribution in [0.1, 0.15) is 26.7 Å². The van der Waals surface area contributed by atoms with Crippen LogP contribution in [0.3, 0.4) is 0 Å². The predicted octanol–water partition coefficient (Wildman–Crippen LogP) is 1.41. The highest BCUT2D eigenvalue weighted by atomic mass is 32.2. The van der Waals surface area contributed by atoms with Gasteiger partial charge in [0, 0.05) is 19.6 Å². The number of ether oxygens (including phenoxy) is 1. The normalized spacial score (nSPS) is 28.0. The van der Waals surface area contributed by atoms with E-state index < -0.39 is 20.0 Å². The van der Waals surface area contributed by atoms with Gasteiger partial charge in [0.05, 0.1) is 28.5 Å².